The van der Waals surface area contributed by atoms with Crippen LogP contribution in [0.3, 0.4) is 0 Å². The van der Waals surface area contributed by atoms with Crippen LogP contribution in [0.1, 0.15) is 84.0 Å². The first-order valence-electron chi connectivity index (χ1n) is 7.85. The molecule has 120 valence electrons. The fourth-order valence-electron chi connectivity index (χ4n) is 2.10. The third kappa shape index (κ3) is 23.5. The zero-order valence-electron chi connectivity index (χ0n) is 13.7. The monoisotopic (exact) mass is 344 g/mol. The summed E-state index contributed by atoms with van der Waals surface area (Å²) in [6.45, 7) is 2.24. The smallest absolute Gasteiger partial charge is 0.716 e. The third-order valence-electron chi connectivity index (χ3n) is 3.24. The van der Waals surface area contributed by atoms with Gasteiger partial charge in [-0.1, -0.05) is 71.1 Å². The maximum atomic E-state index is 10.1. The minimum Gasteiger partial charge on any atom is -0.716 e. The summed E-state index contributed by atoms with van der Waals surface area (Å²) in [5.41, 5.74) is 0. The van der Waals surface area contributed by atoms with Crippen LogP contribution in [0.5, 0.6) is 0 Å². The van der Waals surface area contributed by atoms with Crippen molar-refractivity contribution in [1.82, 2.24) is 0 Å². The van der Waals surface area contributed by atoms with Gasteiger partial charge in [0.1, 0.15) is 6.26 Å². The molecule has 0 bridgehead atoms. The number of rotatable bonds is 14. The molecule has 0 heterocycles. The van der Waals surface area contributed by atoms with Gasteiger partial charge in [0, 0.05) is 0 Å². The predicted octanol–water partition coefficient (Wildman–Crippen LogP) is 1.68. The van der Waals surface area contributed by atoms with E-state index in [0.717, 1.165) is 25.5 Å². The van der Waals surface area contributed by atoms with Crippen molar-refractivity contribution < 1.29 is 68.5 Å². The van der Waals surface area contributed by atoms with Crippen LogP contribution in [0.2, 0.25) is 0 Å². The van der Waals surface area contributed by atoms with E-state index in [1.807, 2.05) is 0 Å². The molecule has 0 aliphatic heterocycles. The van der Waals surface area contributed by atoms with E-state index >= 15 is 0 Å². The first-order chi connectivity index (χ1) is 9.56. The second-order valence-corrected chi connectivity index (χ2v) is 6.21. The summed E-state index contributed by atoms with van der Waals surface area (Å²) in [7, 11) is -4.58. The minimum atomic E-state index is -4.58. The molecule has 0 radical (unpaired) electrons. The Bertz CT molecular complexity index is 329. The Morgan fingerprint density at radius 3 is 1.71 bits per heavy atom. The topological polar surface area (TPSA) is 66.4 Å². The van der Waals surface area contributed by atoms with E-state index in [-0.39, 0.29) is 51.4 Å². The van der Waals surface area contributed by atoms with Crippen molar-refractivity contribution in [2.24, 2.45) is 0 Å². The zero-order valence-corrected chi connectivity index (χ0v) is 17.6. The van der Waals surface area contributed by atoms with Gasteiger partial charge in [-0.2, -0.15) is 0 Å². The summed E-state index contributed by atoms with van der Waals surface area (Å²) in [5.74, 6) is 0. The number of allylic oxidation sites excluding steroid dienone is 1. The molecule has 4 nitrogen and oxygen atoms in total. The third-order valence-corrected chi connectivity index (χ3v) is 3.59. The van der Waals surface area contributed by atoms with E-state index in [1.54, 1.807) is 6.08 Å². The molecule has 0 fully saturated rings. The zero-order chi connectivity index (χ0) is 15.1. The molecule has 0 atom stereocenters. The second kappa shape index (κ2) is 17.4. The van der Waals surface area contributed by atoms with E-state index in [2.05, 4.69) is 11.1 Å². The fraction of sp³-hybridized carbons (Fsp3) is 0.867. The number of hydrogen-bond acceptors (Lipinski definition) is 4. The molecule has 0 rings (SSSR count). The standard InChI is InChI=1S/C15H30O4S.K/c1-2-3-4-5-6-7-8-9-10-11-12-13-14-15-19-20(16,17)18;/h14-15H,2-13H2,1H3,(H,16,17,18);/q;+1/p-1/b15-14+;. The van der Waals surface area contributed by atoms with Gasteiger partial charge in [-0.3, -0.25) is 0 Å². The van der Waals surface area contributed by atoms with Gasteiger partial charge in [0.2, 0.25) is 0 Å². The normalized spacial score (nSPS) is 11.5. The van der Waals surface area contributed by atoms with Gasteiger partial charge in [-0.25, -0.2) is 8.42 Å². The summed E-state index contributed by atoms with van der Waals surface area (Å²) >= 11 is 0. The largest absolute Gasteiger partial charge is 1.00 e. The Hall–Kier alpha value is 1.09. The molecule has 21 heavy (non-hydrogen) atoms. The average molecular weight is 345 g/mol. The molecule has 0 aromatic carbocycles. The van der Waals surface area contributed by atoms with Crippen LogP contribution in [0.4, 0.5) is 0 Å². The van der Waals surface area contributed by atoms with Gasteiger partial charge < -0.3 is 8.74 Å². The molecule has 0 N–H and O–H groups in total. The Morgan fingerprint density at radius 1 is 0.857 bits per heavy atom. The summed E-state index contributed by atoms with van der Waals surface area (Å²) in [6, 6.07) is 0. The van der Waals surface area contributed by atoms with Crippen LogP contribution in [0.15, 0.2) is 12.3 Å². The van der Waals surface area contributed by atoms with Crippen molar-refractivity contribution in [3.05, 3.63) is 12.3 Å². The molecule has 0 aromatic heterocycles. The van der Waals surface area contributed by atoms with Crippen molar-refractivity contribution in [3.8, 4) is 0 Å². The molecule has 0 amide bonds. The SMILES string of the molecule is CCCCCCCCCCCCC/C=C/OS(=O)(=O)[O-].[K+]. The van der Waals surface area contributed by atoms with Gasteiger partial charge in [-0.05, 0) is 18.9 Å². The number of hydrogen-bond donors (Lipinski definition) is 0. The van der Waals surface area contributed by atoms with Gasteiger partial charge in [0.15, 0.2) is 0 Å². The Kier molecular flexibility index (Phi) is 20.2. The average Bonchev–Trinajstić information content (AvgIpc) is 2.38. The van der Waals surface area contributed by atoms with Gasteiger partial charge in [0.25, 0.3) is 10.4 Å². The van der Waals surface area contributed by atoms with Crippen molar-refractivity contribution in [3.63, 3.8) is 0 Å². The summed E-state index contributed by atoms with van der Waals surface area (Å²) in [5, 5.41) is 0. The summed E-state index contributed by atoms with van der Waals surface area (Å²) < 4.78 is 34.3. The van der Waals surface area contributed by atoms with E-state index in [1.165, 1.54) is 57.8 Å². The first-order valence-corrected chi connectivity index (χ1v) is 9.18. The Morgan fingerprint density at radius 2 is 1.29 bits per heavy atom. The summed E-state index contributed by atoms with van der Waals surface area (Å²) in [6.07, 6.45) is 17.4. The quantitative estimate of drug-likeness (QED) is 0.158. The van der Waals surface area contributed by atoms with Crippen LogP contribution in [-0.4, -0.2) is 13.0 Å². The van der Waals surface area contributed by atoms with Crippen molar-refractivity contribution >= 4 is 10.4 Å². The molecule has 0 aliphatic rings. The maximum absolute atomic E-state index is 10.1. The Labute approximate surface area is 173 Å². The number of unbranched alkanes of at least 4 members (excludes halogenated alkanes) is 11. The van der Waals surface area contributed by atoms with Gasteiger partial charge >= 0.3 is 51.4 Å². The molecular formula is C15H29KO4S. The van der Waals surface area contributed by atoms with Gasteiger partial charge in [0.05, 0.1) is 0 Å². The summed E-state index contributed by atoms with van der Waals surface area (Å²) in [4.78, 5) is 0. The predicted molar refractivity (Wildman–Crippen MR) is 81.0 cm³/mol. The van der Waals surface area contributed by atoms with Crippen LogP contribution in [0.25, 0.3) is 0 Å². The Balaban J connectivity index is 0. The van der Waals surface area contributed by atoms with Crippen molar-refractivity contribution in [1.29, 1.82) is 0 Å². The molecule has 0 saturated heterocycles. The molecule has 0 aromatic rings. The van der Waals surface area contributed by atoms with E-state index < -0.39 is 10.4 Å². The molecule has 0 aliphatic carbocycles. The fourth-order valence-corrected chi connectivity index (χ4v) is 2.32. The molecule has 0 saturated carbocycles. The van der Waals surface area contributed by atoms with Crippen molar-refractivity contribution in [2.45, 2.75) is 84.0 Å². The molecule has 6 heteroatoms. The van der Waals surface area contributed by atoms with Crippen LogP contribution in [0, 0.1) is 0 Å². The van der Waals surface area contributed by atoms with E-state index in [9.17, 15) is 13.0 Å². The molecular weight excluding hydrogens is 315 g/mol. The second-order valence-electron chi connectivity index (χ2n) is 5.20. The van der Waals surface area contributed by atoms with Crippen molar-refractivity contribution in [2.75, 3.05) is 0 Å². The first kappa shape index (κ1) is 24.3. The maximum Gasteiger partial charge on any atom is 1.00 e. The van der Waals surface area contributed by atoms with Crippen LogP contribution >= 0.6 is 0 Å². The molecule has 0 spiro atoms. The van der Waals surface area contributed by atoms with E-state index in [0.29, 0.717) is 0 Å². The van der Waals surface area contributed by atoms with E-state index in [4.69, 9.17) is 0 Å². The minimum absolute atomic E-state index is 0. The van der Waals surface area contributed by atoms with Crippen LogP contribution in [-0.2, 0) is 14.6 Å². The van der Waals surface area contributed by atoms with Gasteiger partial charge in [-0.15, -0.1) is 0 Å². The molecule has 0 unspecified atom stereocenters. The van der Waals surface area contributed by atoms with Crippen LogP contribution < -0.4 is 51.4 Å².